The molecule has 4 heteroatoms. The maximum atomic E-state index is 8.52. The molecule has 1 aromatic rings. The van der Waals surface area contributed by atoms with E-state index in [9.17, 15) is 0 Å². The number of nitrogens with zero attached hydrogens (tertiary/aromatic N) is 1. The summed E-state index contributed by atoms with van der Waals surface area (Å²) in [7, 11) is 0. The molecule has 1 heterocycles. The minimum absolute atomic E-state index is 0. The summed E-state index contributed by atoms with van der Waals surface area (Å²) >= 11 is 3.49. The first-order valence-corrected chi connectivity index (χ1v) is 5.79. The zero-order valence-corrected chi connectivity index (χ0v) is 14.3. The van der Waals surface area contributed by atoms with E-state index in [1.165, 1.54) is 15.6 Å². The van der Waals surface area contributed by atoms with Gasteiger partial charge in [0.15, 0.2) is 0 Å². The number of hydrogen-bond donors (Lipinski definition) is 1. The molecule has 0 spiro atoms. The van der Waals surface area contributed by atoms with Gasteiger partial charge in [0.25, 0.3) is 0 Å². The van der Waals surface area contributed by atoms with E-state index in [-0.39, 0.29) is 21.1 Å². The Balaban J connectivity index is 0.000000330. The van der Waals surface area contributed by atoms with Crippen LogP contribution in [0.15, 0.2) is 22.7 Å². The maximum absolute atomic E-state index is 8.52. The molecule has 1 aromatic carbocycles. The van der Waals surface area contributed by atoms with Crippen LogP contribution in [0.2, 0.25) is 0 Å². The second kappa shape index (κ2) is 6.90. The monoisotopic (exact) mass is 454 g/mol. The smallest absolute Gasteiger partial charge is 0.0563 e. The minimum atomic E-state index is -0.500. The Morgan fingerprint density at radius 1 is 1.25 bits per heavy atom. The summed E-state index contributed by atoms with van der Waals surface area (Å²) in [4.78, 5) is 0. The normalized spacial score (nSPS) is 13.3. The molecule has 1 aliphatic rings. The van der Waals surface area contributed by atoms with Gasteiger partial charge in [0.1, 0.15) is 0 Å². The van der Waals surface area contributed by atoms with Gasteiger partial charge in [0.05, 0.1) is 5.60 Å². The largest absolute Gasteiger partial charge is 0.655 e. The van der Waals surface area contributed by atoms with Gasteiger partial charge in [0.2, 0.25) is 0 Å². The van der Waals surface area contributed by atoms with Crippen LogP contribution in [0.1, 0.15) is 31.9 Å². The molecule has 0 saturated carbocycles. The fourth-order valence-corrected chi connectivity index (χ4v) is 1.75. The first-order chi connectivity index (χ1) is 6.88. The van der Waals surface area contributed by atoms with E-state index in [1.54, 1.807) is 20.8 Å². The Labute approximate surface area is 120 Å². The third kappa shape index (κ3) is 6.14. The summed E-state index contributed by atoms with van der Waals surface area (Å²) < 4.78 is 1.20. The quantitative estimate of drug-likeness (QED) is 0.638. The van der Waals surface area contributed by atoms with Crippen LogP contribution in [0, 0.1) is 0 Å². The van der Waals surface area contributed by atoms with Crippen molar-refractivity contribution in [3.8, 4) is 0 Å². The SMILES string of the molecule is Brc1cccc2c1C[N-]C2.CC(C)(C)O.[W]. The molecule has 0 radical (unpaired) electrons. The zero-order chi connectivity index (χ0) is 11.5. The van der Waals surface area contributed by atoms with Gasteiger partial charge in [-0.15, -0.1) is 13.1 Å². The molecule has 0 fully saturated rings. The number of hydrogen-bond acceptors (Lipinski definition) is 1. The van der Waals surface area contributed by atoms with Crippen molar-refractivity contribution in [3.63, 3.8) is 0 Å². The van der Waals surface area contributed by atoms with Crippen molar-refractivity contribution in [2.45, 2.75) is 39.5 Å². The molecule has 0 unspecified atom stereocenters. The Bertz CT molecular complexity index is 330. The molecule has 0 bridgehead atoms. The van der Waals surface area contributed by atoms with Crippen molar-refractivity contribution in [3.05, 3.63) is 39.1 Å². The van der Waals surface area contributed by atoms with Gasteiger partial charge in [-0.25, -0.2) is 0 Å². The molecule has 0 atom stereocenters. The first kappa shape index (κ1) is 16.3. The van der Waals surface area contributed by atoms with Crippen LogP contribution in [0.4, 0.5) is 0 Å². The van der Waals surface area contributed by atoms with Crippen molar-refractivity contribution >= 4 is 15.9 Å². The number of rotatable bonds is 0. The summed E-state index contributed by atoms with van der Waals surface area (Å²) in [6.45, 7) is 7.01. The van der Waals surface area contributed by atoms with Gasteiger partial charge in [-0.2, -0.15) is 0 Å². The molecular weight excluding hydrogens is 438 g/mol. The van der Waals surface area contributed by atoms with E-state index >= 15 is 0 Å². The Morgan fingerprint density at radius 2 is 1.81 bits per heavy atom. The van der Waals surface area contributed by atoms with Crippen LogP contribution in [0.3, 0.4) is 0 Å². The molecule has 16 heavy (non-hydrogen) atoms. The van der Waals surface area contributed by atoms with Crippen molar-refractivity contribution in [1.29, 1.82) is 0 Å². The molecule has 90 valence electrons. The molecule has 1 aliphatic heterocycles. The fraction of sp³-hybridized carbons (Fsp3) is 0.500. The van der Waals surface area contributed by atoms with Crippen molar-refractivity contribution < 1.29 is 26.2 Å². The molecule has 0 aliphatic carbocycles. The average molecular weight is 455 g/mol. The van der Waals surface area contributed by atoms with Gasteiger partial charge in [-0.3, -0.25) is 0 Å². The standard InChI is InChI=1S/C8H7BrN.C4H10O.W/c9-8-3-1-2-6-4-10-5-7(6)8;1-4(2,3)5;/h1-3H,4-5H2;5H,1-3H3;/q-1;;. The van der Waals surface area contributed by atoms with Crippen LogP contribution in [0.5, 0.6) is 0 Å². The molecule has 0 aromatic heterocycles. The third-order valence-electron chi connectivity index (χ3n) is 1.77. The zero-order valence-electron chi connectivity index (χ0n) is 9.83. The Morgan fingerprint density at radius 3 is 2.31 bits per heavy atom. The summed E-state index contributed by atoms with van der Waals surface area (Å²) in [6.07, 6.45) is 0. The van der Waals surface area contributed by atoms with E-state index in [4.69, 9.17) is 5.11 Å². The second-order valence-electron chi connectivity index (χ2n) is 4.59. The maximum Gasteiger partial charge on any atom is 0.0563 e. The van der Waals surface area contributed by atoms with E-state index in [0.29, 0.717) is 0 Å². The summed E-state index contributed by atoms with van der Waals surface area (Å²) in [6, 6.07) is 6.26. The van der Waals surface area contributed by atoms with Gasteiger partial charge < -0.3 is 10.4 Å². The van der Waals surface area contributed by atoms with Crippen molar-refractivity contribution in [1.82, 2.24) is 0 Å². The predicted molar refractivity (Wildman–Crippen MR) is 66.9 cm³/mol. The minimum Gasteiger partial charge on any atom is -0.655 e. The van der Waals surface area contributed by atoms with Crippen molar-refractivity contribution in [2.24, 2.45) is 0 Å². The van der Waals surface area contributed by atoms with Gasteiger partial charge >= 0.3 is 0 Å². The van der Waals surface area contributed by atoms with Gasteiger partial charge in [-0.05, 0) is 26.8 Å². The Hall–Kier alpha value is 0.308. The van der Waals surface area contributed by atoms with Crippen LogP contribution in [0.25, 0.3) is 5.32 Å². The average Bonchev–Trinajstić information content (AvgIpc) is 2.49. The molecule has 0 saturated heterocycles. The molecule has 2 nitrogen and oxygen atoms in total. The van der Waals surface area contributed by atoms with Crippen LogP contribution < -0.4 is 0 Å². The van der Waals surface area contributed by atoms with E-state index in [2.05, 4.69) is 39.4 Å². The van der Waals surface area contributed by atoms with E-state index in [1.807, 2.05) is 0 Å². The molecule has 0 amide bonds. The second-order valence-corrected chi connectivity index (χ2v) is 5.44. The first-order valence-electron chi connectivity index (χ1n) is 5.00. The number of aliphatic hydroxyl groups is 1. The van der Waals surface area contributed by atoms with Crippen LogP contribution in [-0.4, -0.2) is 10.7 Å². The topological polar surface area (TPSA) is 34.3 Å². The summed E-state index contributed by atoms with van der Waals surface area (Å²) in [5.74, 6) is 0. The van der Waals surface area contributed by atoms with Crippen LogP contribution in [-0.2, 0) is 34.2 Å². The summed E-state index contributed by atoms with van der Waals surface area (Å²) in [5, 5.41) is 12.8. The molecule has 1 N–H and O–H groups in total. The van der Waals surface area contributed by atoms with E-state index < -0.39 is 5.60 Å². The van der Waals surface area contributed by atoms with Crippen LogP contribution >= 0.6 is 15.9 Å². The number of benzene rings is 1. The summed E-state index contributed by atoms with van der Waals surface area (Å²) in [5.41, 5.74) is 2.23. The molecular formula is C12H17BrNOW-. The predicted octanol–water partition coefficient (Wildman–Crippen LogP) is 3.61. The van der Waals surface area contributed by atoms with Gasteiger partial charge in [0, 0.05) is 25.5 Å². The van der Waals surface area contributed by atoms with E-state index in [0.717, 1.165) is 13.1 Å². The number of fused-ring (bicyclic) bond motifs is 1. The number of halogens is 1. The fourth-order valence-electron chi connectivity index (χ4n) is 1.22. The van der Waals surface area contributed by atoms with Gasteiger partial charge in [-0.1, -0.05) is 39.2 Å². The van der Waals surface area contributed by atoms with Crippen molar-refractivity contribution in [2.75, 3.05) is 0 Å². The molecule has 2 rings (SSSR count). The Kier molecular flexibility index (Phi) is 7.04. The third-order valence-corrected chi connectivity index (χ3v) is 2.51.